The smallest absolute Gasteiger partial charge is 0.245 e. The van der Waals surface area contributed by atoms with Crippen molar-refractivity contribution in [2.75, 3.05) is 5.73 Å². The molecule has 0 radical (unpaired) electrons. The van der Waals surface area contributed by atoms with E-state index in [1.165, 1.54) is 0 Å². The van der Waals surface area contributed by atoms with E-state index in [-0.39, 0.29) is 12.5 Å². The van der Waals surface area contributed by atoms with Crippen LogP contribution in [-0.4, -0.2) is 25.6 Å². The molecule has 0 saturated heterocycles. The van der Waals surface area contributed by atoms with Gasteiger partial charge in [-0.3, -0.25) is 9.78 Å². The molecule has 3 rings (SSSR count). The average Bonchev–Trinajstić information content (AvgIpc) is 2.92. The van der Waals surface area contributed by atoms with E-state index in [9.17, 15) is 4.79 Å². The highest BCUT2D eigenvalue weighted by molar-refractivity contribution is 5.76. The van der Waals surface area contributed by atoms with Crippen molar-refractivity contribution in [1.82, 2.24) is 19.7 Å². The Bertz CT molecular complexity index is 888. The van der Waals surface area contributed by atoms with Crippen molar-refractivity contribution in [1.29, 1.82) is 0 Å². The summed E-state index contributed by atoms with van der Waals surface area (Å²) in [6.07, 6.45) is 0. The van der Waals surface area contributed by atoms with Gasteiger partial charge in [0.2, 0.25) is 5.91 Å². The van der Waals surface area contributed by atoms with E-state index >= 15 is 0 Å². The van der Waals surface area contributed by atoms with Gasteiger partial charge in [0.1, 0.15) is 12.4 Å². The molecule has 0 spiro atoms. The topological polar surface area (TPSA) is 77.0 Å². The van der Waals surface area contributed by atoms with Crippen molar-refractivity contribution in [3.05, 3.63) is 77.2 Å². The van der Waals surface area contributed by atoms with Crippen molar-refractivity contribution in [2.45, 2.75) is 33.5 Å². The molecule has 0 fully saturated rings. The summed E-state index contributed by atoms with van der Waals surface area (Å²) in [6, 6.07) is 17.5. The Morgan fingerprint density at radius 1 is 1.04 bits per heavy atom. The highest BCUT2D eigenvalue weighted by Gasteiger charge is 2.17. The van der Waals surface area contributed by atoms with E-state index in [0.29, 0.717) is 18.9 Å². The van der Waals surface area contributed by atoms with Crippen LogP contribution in [0.15, 0.2) is 54.6 Å². The van der Waals surface area contributed by atoms with E-state index in [4.69, 9.17) is 5.73 Å². The SMILES string of the molecule is Cc1cccc(CN(Cc2ccccc2)C(=O)Cn2nc(C)cc2N)n1. The van der Waals surface area contributed by atoms with Gasteiger partial charge in [-0.2, -0.15) is 5.10 Å². The first-order chi connectivity index (χ1) is 12.5. The van der Waals surface area contributed by atoms with Gasteiger partial charge in [-0.15, -0.1) is 0 Å². The fourth-order valence-electron chi connectivity index (χ4n) is 2.84. The van der Waals surface area contributed by atoms with Gasteiger partial charge >= 0.3 is 0 Å². The zero-order valence-corrected chi connectivity index (χ0v) is 15.1. The molecule has 2 heterocycles. The van der Waals surface area contributed by atoms with Crippen LogP contribution >= 0.6 is 0 Å². The van der Waals surface area contributed by atoms with Crippen LogP contribution in [0.3, 0.4) is 0 Å². The monoisotopic (exact) mass is 349 g/mol. The van der Waals surface area contributed by atoms with E-state index in [2.05, 4.69) is 10.1 Å². The third-order valence-electron chi connectivity index (χ3n) is 4.09. The number of rotatable bonds is 6. The quantitative estimate of drug-likeness (QED) is 0.742. The second-order valence-corrected chi connectivity index (χ2v) is 6.37. The maximum Gasteiger partial charge on any atom is 0.245 e. The molecule has 0 aliphatic heterocycles. The summed E-state index contributed by atoms with van der Waals surface area (Å²) in [4.78, 5) is 19.3. The number of hydrogen-bond donors (Lipinski definition) is 1. The van der Waals surface area contributed by atoms with Crippen LogP contribution in [0.25, 0.3) is 0 Å². The first-order valence-corrected chi connectivity index (χ1v) is 8.55. The number of carbonyl (C=O) groups excluding carboxylic acids is 1. The van der Waals surface area contributed by atoms with Gasteiger partial charge in [0, 0.05) is 18.3 Å². The minimum Gasteiger partial charge on any atom is -0.384 e. The molecule has 134 valence electrons. The lowest BCUT2D eigenvalue weighted by Gasteiger charge is -2.23. The summed E-state index contributed by atoms with van der Waals surface area (Å²) < 4.78 is 1.54. The number of amides is 1. The van der Waals surface area contributed by atoms with Crippen molar-refractivity contribution < 1.29 is 4.79 Å². The molecule has 2 aromatic heterocycles. The maximum absolute atomic E-state index is 12.9. The molecular weight excluding hydrogens is 326 g/mol. The number of anilines is 1. The molecule has 0 unspecified atom stereocenters. The fourth-order valence-corrected chi connectivity index (χ4v) is 2.84. The Labute approximate surface area is 153 Å². The van der Waals surface area contributed by atoms with Crippen molar-refractivity contribution in [3.63, 3.8) is 0 Å². The summed E-state index contributed by atoms with van der Waals surface area (Å²) >= 11 is 0. The average molecular weight is 349 g/mol. The van der Waals surface area contributed by atoms with Crippen LogP contribution in [0.2, 0.25) is 0 Å². The molecule has 0 bridgehead atoms. The van der Waals surface area contributed by atoms with Gasteiger partial charge in [0.25, 0.3) is 0 Å². The summed E-state index contributed by atoms with van der Waals surface area (Å²) in [5.74, 6) is 0.441. The number of nitrogen functional groups attached to an aromatic ring is 1. The lowest BCUT2D eigenvalue weighted by Crippen LogP contribution is -2.34. The second kappa shape index (κ2) is 7.82. The highest BCUT2D eigenvalue weighted by Crippen LogP contribution is 2.12. The molecule has 0 aliphatic rings. The number of carbonyl (C=O) groups is 1. The van der Waals surface area contributed by atoms with Gasteiger partial charge in [-0.05, 0) is 31.5 Å². The van der Waals surface area contributed by atoms with Crippen molar-refractivity contribution in [3.8, 4) is 0 Å². The summed E-state index contributed by atoms with van der Waals surface area (Å²) in [7, 11) is 0. The minimum atomic E-state index is -0.0491. The van der Waals surface area contributed by atoms with Crippen LogP contribution in [0, 0.1) is 13.8 Å². The molecule has 0 atom stereocenters. The minimum absolute atomic E-state index is 0.0491. The van der Waals surface area contributed by atoms with Gasteiger partial charge in [0.05, 0.1) is 17.9 Å². The van der Waals surface area contributed by atoms with Crippen LogP contribution in [0.1, 0.15) is 22.6 Å². The van der Waals surface area contributed by atoms with Gasteiger partial charge in [0.15, 0.2) is 0 Å². The predicted molar refractivity (Wildman–Crippen MR) is 101 cm³/mol. The zero-order chi connectivity index (χ0) is 18.5. The third-order valence-corrected chi connectivity index (χ3v) is 4.09. The van der Waals surface area contributed by atoms with E-state index in [1.54, 1.807) is 15.6 Å². The van der Waals surface area contributed by atoms with E-state index < -0.39 is 0 Å². The van der Waals surface area contributed by atoms with Crippen LogP contribution in [0.5, 0.6) is 0 Å². The number of pyridine rings is 1. The molecule has 0 aliphatic carbocycles. The van der Waals surface area contributed by atoms with Crippen LogP contribution in [0.4, 0.5) is 5.82 Å². The molecule has 6 nitrogen and oxygen atoms in total. The molecule has 2 N–H and O–H groups in total. The Morgan fingerprint density at radius 3 is 2.46 bits per heavy atom. The lowest BCUT2D eigenvalue weighted by molar-refractivity contribution is -0.133. The van der Waals surface area contributed by atoms with E-state index in [0.717, 1.165) is 22.6 Å². The summed E-state index contributed by atoms with van der Waals surface area (Å²) in [5.41, 5.74) is 9.59. The number of benzene rings is 1. The Morgan fingerprint density at radius 2 is 1.81 bits per heavy atom. The first kappa shape index (κ1) is 17.7. The lowest BCUT2D eigenvalue weighted by atomic mass is 10.2. The number of nitrogens with zero attached hydrogens (tertiary/aromatic N) is 4. The summed E-state index contributed by atoms with van der Waals surface area (Å²) in [6.45, 7) is 4.86. The summed E-state index contributed by atoms with van der Waals surface area (Å²) in [5, 5.41) is 4.29. The zero-order valence-electron chi connectivity index (χ0n) is 15.1. The number of hydrogen-bond acceptors (Lipinski definition) is 4. The maximum atomic E-state index is 12.9. The molecule has 6 heteroatoms. The molecule has 0 saturated carbocycles. The highest BCUT2D eigenvalue weighted by atomic mass is 16.2. The van der Waals surface area contributed by atoms with Crippen LogP contribution < -0.4 is 5.73 Å². The molecule has 1 amide bonds. The molecular formula is C20H23N5O. The standard InChI is InChI=1S/C20H23N5O/c1-15-7-6-10-18(22-15)13-24(12-17-8-4-3-5-9-17)20(26)14-25-19(21)11-16(2)23-25/h3-11H,12-14,21H2,1-2H3. The first-order valence-electron chi connectivity index (χ1n) is 8.55. The van der Waals surface area contributed by atoms with Crippen molar-refractivity contribution in [2.24, 2.45) is 0 Å². The normalized spacial score (nSPS) is 10.7. The predicted octanol–water partition coefficient (Wildman–Crippen LogP) is 2.71. The number of aryl methyl sites for hydroxylation is 2. The van der Waals surface area contributed by atoms with Gasteiger partial charge in [-0.25, -0.2) is 4.68 Å². The number of aromatic nitrogens is 3. The van der Waals surface area contributed by atoms with Crippen molar-refractivity contribution >= 4 is 11.7 Å². The molecule has 1 aromatic carbocycles. The molecule has 26 heavy (non-hydrogen) atoms. The van der Waals surface area contributed by atoms with Crippen LogP contribution in [-0.2, 0) is 24.4 Å². The Hall–Kier alpha value is -3.15. The molecule has 3 aromatic rings. The van der Waals surface area contributed by atoms with Gasteiger partial charge in [-0.1, -0.05) is 36.4 Å². The second-order valence-electron chi connectivity index (χ2n) is 6.37. The Balaban J connectivity index is 1.81. The Kier molecular flexibility index (Phi) is 5.31. The largest absolute Gasteiger partial charge is 0.384 e. The number of nitrogens with two attached hydrogens (primary N) is 1. The third kappa shape index (κ3) is 4.47. The van der Waals surface area contributed by atoms with E-state index in [1.807, 2.05) is 62.4 Å². The van der Waals surface area contributed by atoms with Gasteiger partial charge < -0.3 is 10.6 Å². The fraction of sp³-hybridized carbons (Fsp3) is 0.250.